The topological polar surface area (TPSA) is 70.9 Å². The van der Waals surface area contributed by atoms with Crippen LogP contribution in [0.1, 0.15) is 37.3 Å². The third kappa shape index (κ3) is 1.85. The van der Waals surface area contributed by atoms with Crippen LogP contribution in [0.5, 0.6) is 0 Å². The van der Waals surface area contributed by atoms with Crippen LogP contribution in [0.2, 0.25) is 0 Å². The first-order chi connectivity index (χ1) is 10.6. The van der Waals surface area contributed by atoms with E-state index in [1.165, 1.54) is 0 Å². The highest BCUT2D eigenvalue weighted by molar-refractivity contribution is 5.95. The number of anilines is 2. The summed E-state index contributed by atoms with van der Waals surface area (Å²) in [4.78, 5) is 12.6. The number of hydrogen-bond acceptors (Lipinski definition) is 4. The van der Waals surface area contributed by atoms with Gasteiger partial charge in [0.2, 0.25) is 0 Å². The normalized spacial score (nSPS) is 16.4. The maximum absolute atomic E-state index is 12.6. The molecule has 0 spiro atoms. The third-order valence-electron chi connectivity index (χ3n) is 4.20. The van der Waals surface area contributed by atoms with Crippen LogP contribution in [0.3, 0.4) is 0 Å². The zero-order valence-corrected chi connectivity index (χ0v) is 12.5. The van der Waals surface area contributed by atoms with Crippen LogP contribution in [0, 0.1) is 5.92 Å². The lowest BCUT2D eigenvalue weighted by Crippen LogP contribution is -2.22. The minimum absolute atomic E-state index is 0.00542. The average molecular weight is 295 g/mol. The minimum atomic E-state index is -0.265. The van der Waals surface area contributed by atoms with Crippen molar-refractivity contribution in [2.24, 2.45) is 5.92 Å². The Morgan fingerprint density at radius 3 is 2.95 bits per heavy atom. The Labute approximate surface area is 127 Å². The molecule has 0 aliphatic carbocycles. The van der Waals surface area contributed by atoms with Gasteiger partial charge in [0.05, 0.1) is 17.4 Å². The van der Waals surface area contributed by atoms with Crippen molar-refractivity contribution in [1.82, 2.24) is 10.2 Å². The maximum atomic E-state index is 12.6. The number of H-pyrrole nitrogens is 1. The second-order valence-corrected chi connectivity index (χ2v) is 6.18. The number of fused-ring (bicyclic) bond motifs is 4. The number of para-hydroxylation sites is 1. The molecule has 112 valence electrons. The van der Waals surface area contributed by atoms with E-state index in [1.54, 1.807) is 6.20 Å². The van der Waals surface area contributed by atoms with Gasteiger partial charge in [-0.2, -0.15) is 5.10 Å². The monoisotopic (exact) mass is 295 g/mol. The van der Waals surface area contributed by atoms with Crippen LogP contribution in [0.25, 0.3) is 11.0 Å². The lowest BCUT2D eigenvalue weighted by Gasteiger charge is -2.27. The molecule has 2 aromatic heterocycles. The highest BCUT2D eigenvalue weighted by Crippen LogP contribution is 2.44. The van der Waals surface area contributed by atoms with Gasteiger partial charge in [0, 0.05) is 16.9 Å². The van der Waals surface area contributed by atoms with E-state index in [-0.39, 0.29) is 11.5 Å². The number of benzene rings is 1. The van der Waals surface area contributed by atoms with Crippen molar-refractivity contribution in [3.63, 3.8) is 0 Å². The molecule has 1 aliphatic heterocycles. The Morgan fingerprint density at radius 2 is 2.14 bits per heavy atom. The Balaban J connectivity index is 2.03. The molecule has 0 unspecified atom stereocenters. The quantitative estimate of drug-likeness (QED) is 0.706. The van der Waals surface area contributed by atoms with Crippen molar-refractivity contribution in [2.45, 2.75) is 26.2 Å². The number of hydrogen-bond donors (Lipinski definition) is 2. The van der Waals surface area contributed by atoms with E-state index >= 15 is 0 Å². The number of nitrogens with one attached hydrogen (secondary N) is 2. The van der Waals surface area contributed by atoms with E-state index in [4.69, 9.17) is 4.42 Å². The first-order valence-corrected chi connectivity index (χ1v) is 7.51. The van der Waals surface area contributed by atoms with Crippen molar-refractivity contribution in [2.75, 3.05) is 5.32 Å². The van der Waals surface area contributed by atoms with Gasteiger partial charge in [0.25, 0.3) is 0 Å². The van der Waals surface area contributed by atoms with Gasteiger partial charge in [-0.3, -0.25) is 5.10 Å². The number of aromatic nitrogens is 2. The van der Waals surface area contributed by atoms with E-state index in [0.29, 0.717) is 17.1 Å². The van der Waals surface area contributed by atoms with E-state index in [0.717, 1.165) is 28.9 Å². The summed E-state index contributed by atoms with van der Waals surface area (Å²) in [6.45, 7) is 4.31. The molecule has 5 heteroatoms. The van der Waals surface area contributed by atoms with Gasteiger partial charge in [-0.25, -0.2) is 4.79 Å². The molecule has 5 nitrogen and oxygen atoms in total. The van der Waals surface area contributed by atoms with Gasteiger partial charge in [-0.05, 0) is 24.5 Å². The predicted octanol–water partition coefficient (Wildman–Crippen LogP) is 3.75. The number of rotatable bonds is 2. The smallest absolute Gasteiger partial charge is 0.342 e. The second kappa shape index (κ2) is 4.73. The minimum Gasteiger partial charge on any atom is -0.422 e. The molecule has 4 rings (SSSR count). The zero-order chi connectivity index (χ0) is 15.3. The van der Waals surface area contributed by atoms with Crippen molar-refractivity contribution >= 4 is 22.5 Å². The summed E-state index contributed by atoms with van der Waals surface area (Å²) in [5.74, 6) is 1.34. The Hall–Kier alpha value is -2.56. The molecular weight excluding hydrogens is 278 g/mol. The summed E-state index contributed by atoms with van der Waals surface area (Å²) >= 11 is 0. The largest absolute Gasteiger partial charge is 0.422 e. The molecule has 2 N–H and O–H groups in total. The fraction of sp³-hybridized carbons (Fsp3) is 0.294. The highest BCUT2D eigenvalue weighted by atomic mass is 16.4. The molecule has 0 saturated carbocycles. The fourth-order valence-electron chi connectivity index (χ4n) is 3.27. The fourth-order valence-corrected chi connectivity index (χ4v) is 3.27. The molecule has 0 radical (unpaired) electrons. The van der Waals surface area contributed by atoms with Crippen molar-refractivity contribution < 1.29 is 4.42 Å². The third-order valence-corrected chi connectivity index (χ3v) is 4.20. The molecule has 0 bridgehead atoms. The van der Waals surface area contributed by atoms with E-state index in [2.05, 4.69) is 29.4 Å². The van der Waals surface area contributed by atoms with Gasteiger partial charge in [0.1, 0.15) is 11.4 Å². The molecule has 1 aliphatic rings. The summed E-state index contributed by atoms with van der Waals surface area (Å²) in [6.07, 6.45) is 2.68. The molecule has 0 saturated heterocycles. The highest BCUT2D eigenvalue weighted by Gasteiger charge is 2.32. The lowest BCUT2D eigenvalue weighted by atomic mass is 9.83. The molecule has 22 heavy (non-hydrogen) atoms. The van der Waals surface area contributed by atoms with Crippen LogP contribution >= 0.6 is 0 Å². The Bertz CT molecular complexity index is 908. The second-order valence-electron chi connectivity index (χ2n) is 6.18. The summed E-state index contributed by atoms with van der Waals surface area (Å²) in [5.41, 5.74) is 2.92. The van der Waals surface area contributed by atoms with Gasteiger partial charge in [0.15, 0.2) is 0 Å². The van der Waals surface area contributed by atoms with Crippen molar-refractivity contribution in [1.29, 1.82) is 0 Å². The average Bonchev–Trinajstić information content (AvgIpc) is 2.95. The molecule has 3 heterocycles. The van der Waals surface area contributed by atoms with E-state index in [9.17, 15) is 4.79 Å². The Morgan fingerprint density at radius 1 is 1.32 bits per heavy atom. The number of nitrogens with zero attached hydrogens (tertiary/aromatic N) is 1. The summed E-state index contributed by atoms with van der Waals surface area (Å²) in [7, 11) is 0. The van der Waals surface area contributed by atoms with Gasteiger partial charge < -0.3 is 9.73 Å². The molecule has 0 fully saturated rings. The van der Waals surface area contributed by atoms with Crippen LogP contribution < -0.4 is 10.9 Å². The lowest BCUT2D eigenvalue weighted by molar-refractivity contribution is 0.505. The number of aromatic amines is 1. The first kappa shape index (κ1) is 13.1. The van der Waals surface area contributed by atoms with Crippen molar-refractivity contribution in [3.8, 4) is 0 Å². The van der Waals surface area contributed by atoms with E-state index < -0.39 is 0 Å². The standard InChI is InChI=1S/C17H17N3O2/c1-9(2)7-11-12-8-18-20-16(12)19-15-10-5-3-4-6-13(10)22-17(21)14(11)15/h3-6,8-9,11H,7H2,1-2H3,(H2,18,19,20)/t11-/m0/s1. The van der Waals surface area contributed by atoms with Gasteiger partial charge in [-0.15, -0.1) is 0 Å². The summed E-state index contributed by atoms with van der Waals surface area (Å²) in [5, 5.41) is 11.4. The van der Waals surface area contributed by atoms with Gasteiger partial charge in [-0.1, -0.05) is 26.0 Å². The van der Waals surface area contributed by atoms with Crippen LogP contribution in [0.15, 0.2) is 39.7 Å². The van der Waals surface area contributed by atoms with Crippen LogP contribution in [0.4, 0.5) is 11.5 Å². The summed E-state index contributed by atoms with van der Waals surface area (Å²) in [6, 6.07) is 7.61. The van der Waals surface area contributed by atoms with E-state index in [1.807, 2.05) is 24.3 Å². The molecule has 3 aromatic rings. The molecule has 1 atom stereocenters. The maximum Gasteiger partial charge on any atom is 0.342 e. The molecule has 1 aromatic carbocycles. The first-order valence-electron chi connectivity index (χ1n) is 7.51. The zero-order valence-electron chi connectivity index (χ0n) is 12.5. The predicted molar refractivity (Wildman–Crippen MR) is 85.7 cm³/mol. The van der Waals surface area contributed by atoms with Crippen LogP contribution in [-0.2, 0) is 0 Å². The SMILES string of the molecule is CC(C)C[C@H]1c2cn[nH]c2Nc2c1c(=O)oc1ccccc21. The van der Waals surface area contributed by atoms with Crippen molar-refractivity contribution in [3.05, 3.63) is 52.0 Å². The van der Waals surface area contributed by atoms with Gasteiger partial charge >= 0.3 is 5.63 Å². The molecular formula is C17H17N3O2. The summed E-state index contributed by atoms with van der Waals surface area (Å²) < 4.78 is 5.54. The van der Waals surface area contributed by atoms with Crippen LogP contribution in [-0.4, -0.2) is 10.2 Å². The molecule has 0 amide bonds. The Kier molecular flexibility index (Phi) is 2.82.